The van der Waals surface area contributed by atoms with Crippen LogP contribution in [0.5, 0.6) is 11.5 Å². The Bertz CT molecular complexity index is 733. The summed E-state index contributed by atoms with van der Waals surface area (Å²) < 4.78 is 23.6. The monoisotopic (exact) mass is 307 g/mol. The molecule has 1 aliphatic heterocycles. The highest BCUT2D eigenvalue weighted by Crippen LogP contribution is 2.39. The van der Waals surface area contributed by atoms with Crippen LogP contribution in [0.3, 0.4) is 0 Å². The van der Waals surface area contributed by atoms with Crippen LogP contribution in [0.25, 0.3) is 0 Å². The fraction of sp³-hybridized carbons (Fsp3) is 0.133. The summed E-state index contributed by atoms with van der Waals surface area (Å²) in [5, 5.41) is 3.01. The summed E-state index contributed by atoms with van der Waals surface area (Å²) in [6.45, 7) is 1.72. The standard InChI is InChI=1S/C15H11ClFNO3/c1-8-4-9(2-3-11(8)17)15(19)18-12-6-14-13(5-10(12)16)20-7-21-14/h2-6H,7H2,1H3,(H,18,19). The number of fused-ring (bicyclic) bond motifs is 1. The van der Waals surface area contributed by atoms with Crippen LogP contribution < -0.4 is 14.8 Å². The van der Waals surface area contributed by atoms with Crippen LogP contribution in [0.2, 0.25) is 5.02 Å². The number of rotatable bonds is 2. The minimum Gasteiger partial charge on any atom is -0.454 e. The van der Waals surface area contributed by atoms with Crippen LogP contribution >= 0.6 is 11.6 Å². The van der Waals surface area contributed by atoms with Gasteiger partial charge >= 0.3 is 0 Å². The van der Waals surface area contributed by atoms with Crippen LogP contribution in [0.4, 0.5) is 10.1 Å². The molecule has 4 nitrogen and oxygen atoms in total. The molecule has 0 aromatic heterocycles. The van der Waals surface area contributed by atoms with Crippen molar-refractivity contribution in [3.8, 4) is 11.5 Å². The van der Waals surface area contributed by atoms with E-state index in [1.165, 1.54) is 18.2 Å². The third kappa shape index (κ3) is 2.64. The Labute approximate surface area is 125 Å². The molecule has 0 aliphatic carbocycles. The molecular weight excluding hydrogens is 297 g/mol. The van der Waals surface area contributed by atoms with E-state index in [1.54, 1.807) is 19.1 Å². The highest BCUT2D eigenvalue weighted by molar-refractivity contribution is 6.34. The predicted octanol–water partition coefficient (Wildman–Crippen LogP) is 3.77. The van der Waals surface area contributed by atoms with Crippen LogP contribution in [-0.4, -0.2) is 12.7 Å². The third-order valence-corrected chi connectivity index (χ3v) is 3.44. The molecule has 3 rings (SSSR count). The van der Waals surface area contributed by atoms with Gasteiger partial charge in [0.2, 0.25) is 6.79 Å². The Morgan fingerprint density at radius 3 is 2.67 bits per heavy atom. The van der Waals surface area contributed by atoms with Crippen molar-refractivity contribution in [2.45, 2.75) is 6.92 Å². The van der Waals surface area contributed by atoms with Gasteiger partial charge in [-0.25, -0.2) is 4.39 Å². The maximum Gasteiger partial charge on any atom is 0.255 e. The number of aryl methyl sites for hydroxylation is 1. The van der Waals surface area contributed by atoms with Crippen molar-refractivity contribution in [3.05, 3.63) is 52.3 Å². The lowest BCUT2D eigenvalue weighted by atomic mass is 10.1. The van der Waals surface area contributed by atoms with Gasteiger partial charge in [0, 0.05) is 17.7 Å². The summed E-state index contributed by atoms with van der Waals surface area (Å²) in [6.07, 6.45) is 0. The smallest absolute Gasteiger partial charge is 0.255 e. The van der Waals surface area contributed by atoms with Crippen LogP contribution in [0.1, 0.15) is 15.9 Å². The fourth-order valence-corrected chi connectivity index (χ4v) is 2.19. The first-order chi connectivity index (χ1) is 10.0. The van der Waals surface area contributed by atoms with E-state index in [0.29, 0.717) is 33.3 Å². The van der Waals surface area contributed by atoms with E-state index in [9.17, 15) is 9.18 Å². The van der Waals surface area contributed by atoms with Gasteiger partial charge in [-0.05, 0) is 30.7 Å². The molecule has 0 atom stereocenters. The van der Waals surface area contributed by atoms with Crippen molar-refractivity contribution in [1.82, 2.24) is 0 Å². The number of hydrogen-bond acceptors (Lipinski definition) is 3. The van der Waals surface area contributed by atoms with Gasteiger partial charge < -0.3 is 14.8 Å². The zero-order valence-corrected chi connectivity index (χ0v) is 11.8. The van der Waals surface area contributed by atoms with E-state index >= 15 is 0 Å². The number of amides is 1. The molecule has 0 unspecified atom stereocenters. The van der Waals surface area contributed by atoms with E-state index in [0.717, 1.165) is 0 Å². The molecule has 108 valence electrons. The number of hydrogen-bond donors (Lipinski definition) is 1. The predicted molar refractivity (Wildman–Crippen MR) is 76.7 cm³/mol. The van der Waals surface area contributed by atoms with E-state index in [2.05, 4.69) is 5.32 Å². The van der Waals surface area contributed by atoms with Crippen molar-refractivity contribution >= 4 is 23.2 Å². The van der Waals surface area contributed by atoms with Gasteiger partial charge in [-0.3, -0.25) is 4.79 Å². The lowest BCUT2D eigenvalue weighted by molar-refractivity contribution is 0.102. The Morgan fingerprint density at radius 1 is 1.24 bits per heavy atom. The zero-order valence-electron chi connectivity index (χ0n) is 11.1. The Morgan fingerprint density at radius 2 is 1.95 bits per heavy atom. The van der Waals surface area contributed by atoms with Gasteiger partial charge in [-0.2, -0.15) is 0 Å². The molecule has 6 heteroatoms. The SMILES string of the molecule is Cc1cc(C(=O)Nc2cc3c(cc2Cl)OCO3)ccc1F. The first kappa shape index (κ1) is 13.7. The van der Waals surface area contributed by atoms with Crippen molar-refractivity contribution < 1.29 is 18.7 Å². The van der Waals surface area contributed by atoms with Gasteiger partial charge in [0.05, 0.1) is 10.7 Å². The number of ether oxygens (including phenoxy) is 2. The minimum atomic E-state index is -0.376. The van der Waals surface area contributed by atoms with E-state index in [4.69, 9.17) is 21.1 Å². The van der Waals surface area contributed by atoms with Crippen molar-refractivity contribution in [3.63, 3.8) is 0 Å². The van der Waals surface area contributed by atoms with Crippen LogP contribution in [0, 0.1) is 12.7 Å². The second-order valence-corrected chi connectivity index (χ2v) is 5.01. The maximum absolute atomic E-state index is 13.2. The first-order valence-corrected chi connectivity index (χ1v) is 6.59. The average Bonchev–Trinajstić information content (AvgIpc) is 2.89. The number of anilines is 1. The topological polar surface area (TPSA) is 47.6 Å². The van der Waals surface area contributed by atoms with Crippen molar-refractivity contribution in [2.24, 2.45) is 0 Å². The van der Waals surface area contributed by atoms with E-state index in [-0.39, 0.29) is 18.5 Å². The van der Waals surface area contributed by atoms with E-state index in [1.807, 2.05) is 0 Å². The fourth-order valence-electron chi connectivity index (χ4n) is 1.99. The highest BCUT2D eigenvalue weighted by Gasteiger charge is 2.18. The number of nitrogens with one attached hydrogen (secondary N) is 1. The summed E-state index contributed by atoms with van der Waals surface area (Å²) in [7, 11) is 0. The summed E-state index contributed by atoms with van der Waals surface area (Å²) in [6, 6.07) is 7.32. The molecule has 1 aliphatic rings. The molecule has 0 spiro atoms. The molecule has 0 saturated heterocycles. The molecule has 21 heavy (non-hydrogen) atoms. The summed E-state index contributed by atoms with van der Waals surface area (Å²) >= 11 is 6.09. The molecular formula is C15H11ClFNO3. The first-order valence-electron chi connectivity index (χ1n) is 6.21. The van der Waals surface area contributed by atoms with Crippen LogP contribution in [-0.2, 0) is 0 Å². The number of carbonyl (C=O) groups is 1. The Kier molecular flexibility index (Phi) is 3.43. The third-order valence-electron chi connectivity index (χ3n) is 3.13. The molecule has 1 heterocycles. The average molecular weight is 308 g/mol. The largest absolute Gasteiger partial charge is 0.454 e. The summed E-state index contributed by atoms with van der Waals surface area (Å²) in [5.41, 5.74) is 1.16. The molecule has 0 radical (unpaired) electrons. The number of benzene rings is 2. The molecule has 2 aromatic carbocycles. The van der Waals surface area contributed by atoms with E-state index < -0.39 is 0 Å². The summed E-state index contributed by atoms with van der Waals surface area (Å²) in [5.74, 6) is 0.326. The van der Waals surface area contributed by atoms with Crippen molar-refractivity contribution in [1.29, 1.82) is 0 Å². The highest BCUT2D eigenvalue weighted by atomic mass is 35.5. The molecule has 0 fully saturated rings. The second-order valence-electron chi connectivity index (χ2n) is 4.60. The van der Waals surface area contributed by atoms with Crippen molar-refractivity contribution in [2.75, 3.05) is 12.1 Å². The molecule has 1 N–H and O–H groups in total. The zero-order chi connectivity index (χ0) is 15.0. The van der Waals surface area contributed by atoms with Crippen LogP contribution in [0.15, 0.2) is 30.3 Å². The molecule has 1 amide bonds. The number of halogens is 2. The molecule has 0 bridgehead atoms. The summed E-state index contributed by atoms with van der Waals surface area (Å²) in [4.78, 5) is 12.2. The maximum atomic E-state index is 13.2. The van der Waals surface area contributed by atoms with Gasteiger partial charge in [0.1, 0.15) is 5.82 Å². The van der Waals surface area contributed by atoms with Gasteiger partial charge in [-0.15, -0.1) is 0 Å². The Balaban J connectivity index is 1.86. The lowest BCUT2D eigenvalue weighted by Gasteiger charge is -2.09. The van der Waals surface area contributed by atoms with Gasteiger partial charge in [0.15, 0.2) is 11.5 Å². The number of carbonyl (C=O) groups excluding carboxylic acids is 1. The molecule has 0 saturated carbocycles. The quantitative estimate of drug-likeness (QED) is 0.918. The molecule has 2 aromatic rings. The van der Waals surface area contributed by atoms with Gasteiger partial charge in [-0.1, -0.05) is 11.6 Å². The lowest BCUT2D eigenvalue weighted by Crippen LogP contribution is -2.12. The Hall–Kier alpha value is -2.27. The normalized spacial score (nSPS) is 12.3. The van der Waals surface area contributed by atoms with Gasteiger partial charge in [0.25, 0.3) is 5.91 Å². The second kappa shape index (κ2) is 5.26. The minimum absolute atomic E-state index is 0.125.